The van der Waals surface area contributed by atoms with Crippen LogP contribution in [0.5, 0.6) is 11.5 Å². The fourth-order valence-corrected chi connectivity index (χ4v) is 2.36. The number of rotatable bonds is 4. The molecule has 0 aliphatic heterocycles. The van der Waals surface area contributed by atoms with Crippen LogP contribution in [0.15, 0.2) is 51.7 Å². The molecule has 120 valence electrons. The number of terminal acetylenes is 1. The van der Waals surface area contributed by atoms with Crippen LogP contribution in [0.2, 0.25) is 0 Å². The summed E-state index contributed by atoms with van der Waals surface area (Å²) in [6, 6.07) is 10.5. The Morgan fingerprint density at radius 3 is 2.62 bits per heavy atom. The number of benzene rings is 2. The molecule has 0 saturated heterocycles. The third-order valence-corrected chi connectivity index (χ3v) is 3.44. The van der Waals surface area contributed by atoms with Crippen LogP contribution in [-0.4, -0.2) is 13.7 Å². The van der Waals surface area contributed by atoms with Crippen molar-refractivity contribution >= 4 is 11.0 Å². The first kappa shape index (κ1) is 15.6. The molecule has 0 amide bonds. The molecule has 0 spiro atoms. The van der Waals surface area contributed by atoms with Gasteiger partial charge in [0.15, 0.2) is 5.43 Å². The van der Waals surface area contributed by atoms with Gasteiger partial charge in [-0.2, -0.15) is 0 Å². The molecule has 3 aromatic rings. The summed E-state index contributed by atoms with van der Waals surface area (Å²) < 4.78 is 29.7. The van der Waals surface area contributed by atoms with Gasteiger partial charge in [0, 0.05) is 23.8 Å². The minimum absolute atomic E-state index is 0.127. The van der Waals surface area contributed by atoms with Gasteiger partial charge in [0.25, 0.3) is 0 Å². The molecule has 1 aromatic heterocycles. The second-order valence-electron chi connectivity index (χ2n) is 4.97. The number of hydrogen-bond donors (Lipinski definition) is 0. The molecular weight excluding hydrogens is 311 g/mol. The Balaban J connectivity index is 2.08. The Bertz CT molecular complexity index is 981. The number of methoxy groups -OCH3 is 1. The van der Waals surface area contributed by atoms with E-state index in [0.29, 0.717) is 17.1 Å². The summed E-state index contributed by atoms with van der Waals surface area (Å²) >= 11 is 0. The van der Waals surface area contributed by atoms with Crippen LogP contribution >= 0.6 is 0 Å². The zero-order valence-corrected chi connectivity index (χ0v) is 12.8. The molecule has 0 N–H and O–H groups in total. The van der Waals surface area contributed by atoms with E-state index in [-0.39, 0.29) is 28.8 Å². The SMILES string of the molecule is C#CCOc1ccc(-c2cc(=O)c3c(OC)cc(F)cc3o2)cc1. The Morgan fingerprint density at radius 1 is 1.21 bits per heavy atom. The van der Waals surface area contributed by atoms with E-state index in [0.717, 1.165) is 12.1 Å². The molecule has 0 atom stereocenters. The zero-order valence-electron chi connectivity index (χ0n) is 12.8. The molecule has 24 heavy (non-hydrogen) atoms. The summed E-state index contributed by atoms with van der Waals surface area (Å²) in [4.78, 5) is 12.4. The van der Waals surface area contributed by atoms with Crippen molar-refractivity contribution < 1.29 is 18.3 Å². The molecule has 5 heteroatoms. The number of hydrogen-bond acceptors (Lipinski definition) is 4. The van der Waals surface area contributed by atoms with Crippen molar-refractivity contribution in [3.63, 3.8) is 0 Å². The van der Waals surface area contributed by atoms with Gasteiger partial charge < -0.3 is 13.9 Å². The van der Waals surface area contributed by atoms with Crippen LogP contribution in [0.25, 0.3) is 22.3 Å². The van der Waals surface area contributed by atoms with E-state index in [4.69, 9.17) is 20.3 Å². The van der Waals surface area contributed by atoms with Crippen LogP contribution in [-0.2, 0) is 0 Å². The van der Waals surface area contributed by atoms with Crippen molar-refractivity contribution in [2.24, 2.45) is 0 Å². The summed E-state index contributed by atoms with van der Waals surface area (Å²) in [5, 5.41) is 0.205. The molecule has 4 nitrogen and oxygen atoms in total. The number of ether oxygens (including phenoxy) is 2. The van der Waals surface area contributed by atoms with E-state index in [9.17, 15) is 9.18 Å². The summed E-state index contributed by atoms with van der Waals surface area (Å²) in [6.45, 7) is 0.170. The Hall–Kier alpha value is -3.26. The van der Waals surface area contributed by atoms with Gasteiger partial charge in [-0.3, -0.25) is 4.79 Å². The van der Waals surface area contributed by atoms with Gasteiger partial charge in [-0.1, -0.05) is 5.92 Å². The van der Waals surface area contributed by atoms with Crippen molar-refractivity contribution in [3.8, 4) is 35.2 Å². The summed E-state index contributed by atoms with van der Waals surface area (Å²) in [5.74, 6) is 2.90. The van der Waals surface area contributed by atoms with Crippen molar-refractivity contribution in [1.29, 1.82) is 0 Å². The molecule has 0 bridgehead atoms. The first-order valence-electron chi connectivity index (χ1n) is 7.10. The molecule has 0 aliphatic rings. The highest BCUT2D eigenvalue weighted by atomic mass is 19.1. The van der Waals surface area contributed by atoms with Crippen molar-refractivity contribution in [3.05, 3.63) is 58.5 Å². The molecule has 1 heterocycles. The lowest BCUT2D eigenvalue weighted by molar-refractivity contribution is 0.370. The minimum Gasteiger partial charge on any atom is -0.496 e. The number of halogens is 1. The van der Waals surface area contributed by atoms with Gasteiger partial charge in [-0.25, -0.2) is 4.39 Å². The summed E-state index contributed by atoms with van der Waals surface area (Å²) in [6.07, 6.45) is 5.14. The smallest absolute Gasteiger partial charge is 0.197 e. The highest BCUT2D eigenvalue weighted by Crippen LogP contribution is 2.29. The maximum Gasteiger partial charge on any atom is 0.197 e. The topological polar surface area (TPSA) is 48.7 Å². The Labute approximate surface area is 137 Å². The second-order valence-corrected chi connectivity index (χ2v) is 4.97. The monoisotopic (exact) mass is 324 g/mol. The van der Waals surface area contributed by atoms with Crippen LogP contribution in [0.1, 0.15) is 0 Å². The molecule has 0 unspecified atom stereocenters. The maximum atomic E-state index is 13.6. The second kappa shape index (κ2) is 6.47. The van der Waals surface area contributed by atoms with Crippen LogP contribution in [0.3, 0.4) is 0 Å². The van der Waals surface area contributed by atoms with Gasteiger partial charge in [0.05, 0.1) is 7.11 Å². The lowest BCUT2D eigenvalue weighted by Gasteiger charge is -2.08. The molecule has 0 saturated carbocycles. The van der Waals surface area contributed by atoms with Gasteiger partial charge in [0.2, 0.25) is 0 Å². The van der Waals surface area contributed by atoms with Crippen LogP contribution in [0, 0.1) is 18.2 Å². The van der Waals surface area contributed by atoms with E-state index in [1.807, 2.05) is 0 Å². The predicted molar refractivity (Wildman–Crippen MR) is 88.8 cm³/mol. The van der Waals surface area contributed by atoms with Gasteiger partial charge in [0.1, 0.15) is 40.7 Å². The standard InChI is InChI=1S/C19H13FO4/c1-3-8-23-14-6-4-12(5-7-14)16-11-15(21)19-17(22-2)9-13(20)10-18(19)24-16/h1,4-7,9-11H,8H2,2H3. The molecule has 2 aromatic carbocycles. The summed E-state index contributed by atoms with van der Waals surface area (Å²) in [7, 11) is 1.37. The van der Waals surface area contributed by atoms with Crippen molar-refractivity contribution in [2.45, 2.75) is 0 Å². The van der Waals surface area contributed by atoms with Crippen LogP contribution in [0.4, 0.5) is 4.39 Å². The van der Waals surface area contributed by atoms with Gasteiger partial charge >= 0.3 is 0 Å². The van der Waals surface area contributed by atoms with Gasteiger partial charge in [-0.05, 0) is 24.3 Å². The molecular formula is C19H13FO4. The first-order valence-corrected chi connectivity index (χ1v) is 7.10. The molecule has 0 fully saturated rings. The first-order chi connectivity index (χ1) is 11.6. The quantitative estimate of drug-likeness (QED) is 0.688. The highest BCUT2D eigenvalue weighted by Gasteiger charge is 2.13. The lowest BCUT2D eigenvalue weighted by atomic mass is 10.1. The van der Waals surface area contributed by atoms with Crippen molar-refractivity contribution in [1.82, 2.24) is 0 Å². The molecule has 0 aliphatic carbocycles. The Kier molecular flexibility index (Phi) is 4.21. The molecule has 0 radical (unpaired) electrons. The van der Waals surface area contributed by atoms with E-state index in [1.165, 1.54) is 13.2 Å². The third kappa shape index (κ3) is 2.95. The van der Waals surface area contributed by atoms with Gasteiger partial charge in [-0.15, -0.1) is 6.42 Å². The van der Waals surface area contributed by atoms with E-state index < -0.39 is 5.82 Å². The van der Waals surface area contributed by atoms with E-state index in [2.05, 4.69) is 5.92 Å². The van der Waals surface area contributed by atoms with Crippen LogP contribution < -0.4 is 14.9 Å². The molecule has 3 rings (SSSR count). The highest BCUT2D eigenvalue weighted by molar-refractivity contribution is 5.85. The van der Waals surface area contributed by atoms with Crippen molar-refractivity contribution in [2.75, 3.05) is 13.7 Å². The van der Waals surface area contributed by atoms with E-state index in [1.54, 1.807) is 24.3 Å². The average molecular weight is 324 g/mol. The zero-order chi connectivity index (χ0) is 17.1. The normalized spacial score (nSPS) is 10.4. The predicted octanol–water partition coefficient (Wildman–Crippen LogP) is 3.62. The maximum absolute atomic E-state index is 13.6. The average Bonchev–Trinajstić information content (AvgIpc) is 2.59. The third-order valence-electron chi connectivity index (χ3n) is 3.44. The largest absolute Gasteiger partial charge is 0.496 e. The minimum atomic E-state index is -0.544. The van der Waals surface area contributed by atoms with E-state index >= 15 is 0 Å². The Morgan fingerprint density at radius 2 is 1.96 bits per heavy atom. The summed E-state index contributed by atoms with van der Waals surface area (Å²) in [5.41, 5.74) is 0.475. The number of fused-ring (bicyclic) bond motifs is 1. The fraction of sp³-hybridized carbons (Fsp3) is 0.105. The lowest BCUT2D eigenvalue weighted by Crippen LogP contribution is -2.03. The fourth-order valence-electron chi connectivity index (χ4n) is 2.36.